The summed E-state index contributed by atoms with van der Waals surface area (Å²) in [5.41, 5.74) is 0.985. The van der Waals surface area contributed by atoms with Gasteiger partial charge in [-0.1, -0.05) is 24.4 Å². The molecular weight excluding hydrogens is 287 g/mol. The van der Waals surface area contributed by atoms with Crippen molar-refractivity contribution in [3.63, 3.8) is 0 Å². The van der Waals surface area contributed by atoms with E-state index in [0.29, 0.717) is 17.1 Å². The van der Waals surface area contributed by atoms with Crippen LogP contribution in [0.25, 0.3) is 0 Å². The van der Waals surface area contributed by atoms with Crippen LogP contribution in [0.2, 0.25) is 5.02 Å². The molecule has 116 valence electrons. The lowest BCUT2D eigenvalue weighted by Crippen LogP contribution is -2.67. The second-order valence-electron chi connectivity index (χ2n) is 7.26. The van der Waals surface area contributed by atoms with Gasteiger partial charge in [0.1, 0.15) is 5.82 Å². The van der Waals surface area contributed by atoms with Crippen molar-refractivity contribution >= 4 is 11.6 Å². The Balaban J connectivity index is 1.87. The summed E-state index contributed by atoms with van der Waals surface area (Å²) in [6.07, 6.45) is 4.96. The fourth-order valence-electron chi connectivity index (χ4n) is 3.84. The fraction of sp³-hybridized carbons (Fsp3) is 0.647. The lowest BCUT2D eigenvalue weighted by atomic mass is 9.86. The predicted octanol–water partition coefficient (Wildman–Crippen LogP) is 3.98. The molecular formula is C17H24ClFN2. The molecule has 1 aromatic carbocycles. The van der Waals surface area contributed by atoms with Gasteiger partial charge in [0.25, 0.3) is 0 Å². The van der Waals surface area contributed by atoms with Crippen LogP contribution in [0.1, 0.15) is 45.1 Å². The first-order valence-corrected chi connectivity index (χ1v) is 8.22. The highest BCUT2D eigenvalue weighted by Gasteiger charge is 2.45. The van der Waals surface area contributed by atoms with E-state index in [0.717, 1.165) is 13.1 Å². The molecule has 1 aliphatic carbocycles. The van der Waals surface area contributed by atoms with Gasteiger partial charge in [-0.15, -0.1) is 0 Å². The summed E-state index contributed by atoms with van der Waals surface area (Å²) in [6.45, 7) is 7.03. The first kappa shape index (κ1) is 15.3. The first-order valence-electron chi connectivity index (χ1n) is 7.84. The van der Waals surface area contributed by atoms with Crippen molar-refractivity contribution in [2.24, 2.45) is 0 Å². The number of nitrogens with one attached hydrogen (secondary N) is 1. The van der Waals surface area contributed by atoms with E-state index < -0.39 is 0 Å². The summed E-state index contributed by atoms with van der Waals surface area (Å²) >= 11 is 6.04. The lowest BCUT2D eigenvalue weighted by Gasteiger charge is -2.51. The van der Waals surface area contributed by atoms with E-state index in [-0.39, 0.29) is 16.9 Å². The van der Waals surface area contributed by atoms with Gasteiger partial charge in [-0.2, -0.15) is 0 Å². The quantitative estimate of drug-likeness (QED) is 0.889. The summed E-state index contributed by atoms with van der Waals surface area (Å²) in [4.78, 5) is 2.49. The van der Waals surface area contributed by atoms with Gasteiger partial charge in [-0.3, -0.25) is 4.90 Å². The van der Waals surface area contributed by atoms with Gasteiger partial charge < -0.3 is 5.32 Å². The van der Waals surface area contributed by atoms with E-state index in [1.807, 2.05) is 0 Å². The summed E-state index contributed by atoms with van der Waals surface area (Å²) in [7, 11) is 0. The Morgan fingerprint density at radius 2 is 2.00 bits per heavy atom. The maximum atomic E-state index is 14.1. The molecule has 0 radical (unpaired) electrons. The minimum absolute atomic E-state index is 0.0723. The van der Waals surface area contributed by atoms with Crippen molar-refractivity contribution < 1.29 is 4.39 Å². The van der Waals surface area contributed by atoms with Gasteiger partial charge in [-0.05, 0) is 44.9 Å². The van der Waals surface area contributed by atoms with E-state index in [9.17, 15) is 4.39 Å². The monoisotopic (exact) mass is 310 g/mol. The molecule has 2 fully saturated rings. The van der Waals surface area contributed by atoms with Crippen molar-refractivity contribution in [3.05, 3.63) is 34.6 Å². The minimum Gasteiger partial charge on any atom is -0.309 e. The molecule has 1 aliphatic heterocycles. The molecule has 0 aromatic heterocycles. The normalized spacial score (nSPS) is 24.6. The number of piperazine rings is 1. The zero-order valence-corrected chi connectivity index (χ0v) is 13.6. The molecule has 0 bridgehead atoms. The summed E-state index contributed by atoms with van der Waals surface area (Å²) < 4.78 is 14.1. The van der Waals surface area contributed by atoms with Crippen LogP contribution in [-0.4, -0.2) is 29.1 Å². The van der Waals surface area contributed by atoms with Crippen LogP contribution in [-0.2, 0) is 6.54 Å². The molecule has 21 heavy (non-hydrogen) atoms. The predicted molar refractivity (Wildman–Crippen MR) is 85.1 cm³/mol. The number of hydrogen-bond donors (Lipinski definition) is 1. The van der Waals surface area contributed by atoms with Crippen LogP contribution in [0.3, 0.4) is 0 Å². The Bertz CT molecular complexity index is 524. The average Bonchev–Trinajstić information content (AvgIpc) is 2.88. The maximum Gasteiger partial charge on any atom is 0.127 e. The van der Waals surface area contributed by atoms with E-state index >= 15 is 0 Å². The van der Waals surface area contributed by atoms with E-state index in [1.165, 1.54) is 31.7 Å². The summed E-state index contributed by atoms with van der Waals surface area (Å²) in [6, 6.07) is 4.87. The van der Waals surface area contributed by atoms with Gasteiger partial charge in [0.2, 0.25) is 0 Å². The maximum absolute atomic E-state index is 14.1. The van der Waals surface area contributed by atoms with Gasteiger partial charge in [0.05, 0.1) is 0 Å². The van der Waals surface area contributed by atoms with Crippen LogP contribution in [0.4, 0.5) is 4.39 Å². The van der Waals surface area contributed by atoms with Crippen LogP contribution >= 0.6 is 11.6 Å². The van der Waals surface area contributed by atoms with Crippen LogP contribution in [0.5, 0.6) is 0 Å². The highest BCUT2D eigenvalue weighted by atomic mass is 35.5. The van der Waals surface area contributed by atoms with Gasteiger partial charge in [0, 0.05) is 41.3 Å². The van der Waals surface area contributed by atoms with E-state index in [1.54, 1.807) is 12.1 Å². The second-order valence-corrected chi connectivity index (χ2v) is 7.70. The minimum atomic E-state index is -0.149. The van der Waals surface area contributed by atoms with Gasteiger partial charge in [-0.25, -0.2) is 4.39 Å². The Kier molecular flexibility index (Phi) is 4.02. The number of halogens is 2. The molecule has 1 saturated heterocycles. The van der Waals surface area contributed by atoms with Gasteiger partial charge in [0.15, 0.2) is 0 Å². The van der Waals surface area contributed by atoms with Crippen molar-refractivity contribution in [1.29, 1.82) is 0 Å². The molecule has 4 heteroatoms. The highest BCUT2D eigenvalue weighted by molar-refractivity contribution is 6.30. The fourth-order valence-corrected chi connectivity index (χ4v) is 4.03. The number of nitrogens with zero attached hydrogens (tertiary/aromatic N) is 1. The SMILES string of the molecule is CC1(C)CN(Cc2cc(Cl)ccc2F)C2(CCCC2)CN1. The zero-order valence-electron chi connectivity index (χ0n) is 12.9. The zero-order chi connectivity index (χ0) is 15.1. The Labute approximate surface area is 131 Å². The molecule has 1 saturated carbocycles. The molecule has 0 unspecified atom stereocenters. The van der Waals surface area contributed by atoms with Crippen molar-refractivity contribution in [3.8, 4) is 0 Å². The summed E-state index contributed by atoms with van der Waals surface area (Å²) in [5.74, 6) is -0.149. The molecule has 1 spiro atoms. The summed E-state index contributed by atoms with van der Waals surface area (Å²) in [5, 5.41) is 4.28. The molecule has 1 heterocycles. The Morgan fingerprint density at radius 3 is 2.71 bits per heavy atom. The second kappa shape index (κ2) is 5.53. The highest BCUT2D eigenvalue weighted by Crippen LogP contribution is 2.39. The topological polar surface area (TPSA) is 15.3 Å². The van der Waals surface area contributed by atoms with Crippen molar-refractivity contribution in [2.45, 2.75) is 57.2 Å². The third-order valence-electron chi connectivity index (χ3n) is 5.06. The van der Waals surface area contributed by atoms with Crippen molar-refractivity contribution in [1.82, 2.24) is 10.2 Å². The third-order valence-corrected chi connectivity index (χ3v) is 5.29. The van der Waals surface area contributed by atoms with Crippen LogP contribution in [0.15, 0.2) is 18.2 Å². The van der Waals surface area contributed by atoms with Gasteiger partial charge >= 0.3 is 0 Å². The number of hydrogen-bond acceptors (Lipinski definition) is 2. The van der Waals surface area contributed by atoms with E-state index in [2.05, 4.69) is 24.1 Å². The molecule has 3 rings (SSSR count). The molecule has 0 atom stereocenters. The largest absolute Gasteiger partial charge is 0.309 e. The first-order chi connectivity index (χ1) is 9.90. The Morgan fingerprint density at radius 1 is 1.29 bits per heavy atom. The van der Waals surface area contributed by atoms with Crippen LogP contribution in [0, 0.1) is 5.82 Å². The Hall–Kier alpha value is -0.640. The number of benzene rings is 1. The smallest absolute Gasteiger partial charge is 0.127 e. The number of rotatable bonds is 2. The standard InChI is InChI=1S/C17H24ClFN2/c1-16(2)12-21(17(11-20-16)7-3-4-8-17)10-13-9-14(18)5-6-15(13)19/h5-6,9,20H,3-4,7-8,10-12H2,1-2H3. The third kappa shape index (κ3) is 3.10. The van der Waals surface area contributed by atoms with E-state index in [4.69, 9.17) is 11.6 Å². The molecule has 0 amide bonds. The lowest BCUT2D eigenvalue weighted by molar-refractivity contribution is 0.0114. The van der Waals surface area contributed by atoms with Crippen molar-refractivity contribution in [2.75, 3.05) is 13.1 Å². The molecule has 1 N–H and O–H groups in total. The van der Waals surface area contributed by atoms with Crippen LogP contribution < -0.4 is 5.32 Å². The average molecular weight is 311 g/mol. The molecule has 2 nitrogen and oxygen atoms in total. The molecule has 2 aliphatic rings. The molecule has 1 aromatic rings.